The highest BCUT2D eigenvalue weighted by Gasteiger charge is 2.21. The van der Waals surface area contributed by atoms with Crippen molar-refractivity contribution >= 4 is 40.7 Å². The van der Waals surface area contributed by atoms with Crippen LogP contribution in [-0.2, 0) is 0 Å². The summed E-state index contributed by atoms with van der Waals surface area (Å²) in [4.78, 5) is 7.05. The van der Waals surface area contributed by atoms with Gasteiger partial charge in [-0.3, -0.25) is 4.90 Å². The van der Waals surface area contributed by atoms with Crippen LogP contribution in [0, 0.1) is 0 Å². The van der Waals surface area contributed by atoms with E-state index in [-0.39, 0.29) is 24.8 Å². The topological polar surface area (TPSA) is 28.2 Å². The Hall–Kier alpha value is -0.130. The van der Waals surface area contributed by atoms with Crippen molar-refractivity contribution in [1.29, 1.82) is 0 Å². The van der Waals surface area contributed by atoms with E-state index in [1.807, 2.05) is 18.2 Å². The number of rotatable bonds is 4. The van der Waals surface area contributed by atoms with Crippen molar-refractivity contribution in [1.82, 2.24) is 15.2 Å². The van der Waals surface area contributed by atoms with E-state index >= 15 is 0 Å². The number of nitrogens with zero attached hydrogens (tertiary/aromatic N) is 2. The van der Waals surface area contributed by atoms with Gasteiger partial charge in [0.05, 0.1) is 11.7 Å². The Balaban J connectivity index is 0.00000162. The summed E-state index contributed by atoms with van der Waals surface area (Å²) in [5, 5.41) is 3.38. The van der Waals surface area contributed by atoms with Crippen molar-refractivity contribution < 1.29 is 0 Å². The number of nitrogens with one attached hydrogen (secondary N) is 1. The van der Waals surface area contributed by atoms with Crippen molar-refractivity contribution in [3.63, 3.8) is 0 Å². The molecule has 6 heteroatoms. The first-order chi connectivity index (χ1) is 8.31. The maximum Gasteiger partial charge on any atom is 0.106 e. The molecule has 0 spiro atoms. The van der Waals surface area contributed by atoms with Crippen LogP contribution in [0.5, 0.6) is 0 Å². The fraction of sp³-hybridized carbons (Fsp3) is 0.462. The van der Waals surface area contributed by atoms with Gasteiger partial charge in [-0.15, -0.1) is 31.4 Å². The van der Waals surface area contributed by atoms with Crippen LogP contribution in [-0.4, -0.2) is 36.1 Å². The molecule has 2 rings (SSSR count). The summed E-state index contributed by atoms with van der Waals surface area (Å²) in [6.45, 7) is 8.13. The molecule has 0 aromatic carbocycles. The van der Waals surface area contributed by atoms with Gasteiger partial charge in [0.15, 0.2) is 0 Å². The van der Waals surface area contributed by atoms with Crippen LogP contribution in [0.3, 0.4) is 0 Å². The third kappa shape index (κ3) is 5.40. The third-order valence-electron chi connectivity index (χ3n) is 3.06. The second kappa shape index (κ2) is 9.72. The molecule has 0 bridgehead atoms. The number of hydrogen-bond donors (Lipinski definition) is 1. The lowest BCUT2D eigenvalue weighted by molar-refractivity contribution is 0.171. The Bertz CT molecular complexity index is 384. The zero-order chi connectivity index (χ0) is 12.1. The summed E-state index contributed by atoms with van der Waals surface area (Å²) in [5.41, 5.74) is 1.13. The van der Waals surface area contributed by atoms with Gasteiger partial charge in [-0.25, -0.2) is 4.98 Å². The van der Waals surface area contributed by atoms with Crippen LogP contribution in [0.4, 0.5) is 0 Å². The molecule has 3 nitrogen and oxygen atoms in total. The van der Waals surface area contributed by atoms with Gasteiger partial charge in [-0.1, -0.05) is 12.1 Å². The molecule has 19 heavy (non-hydrogen) atoms. The van der Waals surface area contributed by atoms with Gasteiger partial charge in [0.2, 0.25) is 0 Å². The molecule has 1 aromatic heterocycles. The van der Waals surface area contributed by atoms with E-state index in [0.29, 0.717) is 6.04 Å². The molecule has 0 unspecified atom stereocenters. The van der Waals surface area contributed by atoms with Gasteiger partial charge in [0.25, 0.3) is 0 Å². The molecule has 1 atom stereocenters. The highest BCUT2D eigenvalue weighted by atomic mass is 79.9. The van der Waals surface area contributed by atoms with Gasteiger partial charge >= 0.3 is 0 Å². The van der Waals surface area contributed by atoms with Crippen LogP contribution in [0.2, 0.25) is 0 Å². The smallest absolute Gasteiger partial charge is 0.106 e. The molecule has 1 fully saturated rings. The lowest BCUT2D eigenvalue weighted by Crippen LogP contribution is -2.45. The number of aromatic nitrogens is 1. The molecule has 0 saturated carbocycles. The van der Waals surface area contributed by atoms with Gasteiger partial charge < -0.3 is 5.32 Å². The van der Waals surface area contributed by atoms with Crippen molar-refractivity contribution in [2.45, 2.75) is 12.5 Å². The monoisotopic (exact) mass is 367 g/mol. The third-order valence-corrected chi connectivity index (χ3v) is 3.50. The Kier molecular flexibility index (Phi) is 9.66. The molecule has 1 aliphatic rings. The predicted octanol–water partition coefficient (Wildman–Crippen LogP) is 3.21. The average Bonchev–Trinajstić information content (AvgIpc) is 2.37. The molecule has 1 saturated heterocycles. The summed E-state index contributed by atoms with van der Waals surface area (Å²) < 4.78 is 0.902. The highest BCUT2D eigenvalue weighted by molar-refractivity contribution is 9.10. The number of halogens is 3. The van der Waals surface area contributed by atoms with Crippen LogP contribution in [0.15, 0.2) is 35.5 Å². The van der Waals surface area contributed by atoms with E-state index in [9.17, 15) is 0 Å². The first-order valence-corrected chi connectivity index (χ1v) is 6.78. The standard InChI is InChI=1S/C13H18BrN3.2ClH/c1-2-4-12(17-9-7-15-8-10-17)11-5-3-6-13(14)16-11;;/h2-3,5-6,12,15H,1,4,7-10H2;2*1H/t12-;;/m0../s1. The van der Waals surface area contributed by atoms with Crippen LogP contribution >= 0.6 is 40.7 Å². The zero-order valence-corrected chi connectivity index (χ0v) is 13.9. The summed E-state index contributed by atoms with van der Waals surface area (Å²) in [7, 11) is 0. The predicted molar refractivity (Wildman–Crippen MR) is 88.4 cm³/mol. The van der Waals surface area contributed by atoms with E-state index in [0.717, 1.165) is 42.9 Å². The molecule has 0 aliphatic carbocycles. The molecule has 2 heterocycles. The van der Waals surface area contributed by atoms with E-state index in [1.54, 1.807) is 0 Å². The summed E-state index contributed by atoms with van der Waals surface area (Å²) in [5.74, 6) is 0. The number of hydrogen-bond acceptors (Lipinski definition) is 3. The molecule has 1 N–H and O–H groups in total. The van der Waals surface area contributed by atoms with E-state index in [4.69, 9.17) is 0 Å². The van der Waals surface area contributed by atoms with Crippen LogP contribution in [0.25, 0.3) is 0 Å². The normalized spacial score (nSPS) is 16.9. The Labute approximate surface area is 135 Å². The summed E-state index contributed by atoms with van der Waals surface area (Å²) in [6, 6.07) is 6.46. The van der Waals surface area contributed by atoms with Gasteiger partial charge in [0.1, 0.15) is 4.60 Å². The molecule has 0 radical (unpaired) electrons. The molecule has 1 aromatic rings. The van der Waals surface area contributed by atoms with Gasteiger partial charge in [-0.05, 0) is 34.5 Å². The van der Waals surface area contributed by atoms with E-state index < -0.39 is 0 Å². The fourth-order valence-electron chi connectivity index (χ4n) is 2.22. The minimum atomic E-state index is 0. The molecular weight excluding hydrogens is 349 g/mol. The van der Waals surface area contributed by atoms with Crippen molar-refractivity contribution in [2.24, 2.45) is 0 Å². The first kappa shape index (κ1) is 18.9. The summed E-state index contributed by atoms with van der Waals surface area (Å²) in [6.07, 6.45) is 2.93. The second-order valence-electron chi connectivity index (χ2n) is 4.21. The van der Waals surface area contributed by atoms with Gasteiger partial charge in [-0.2, -0.15) is 0 Å². The van der Waals surface area contributed by atoms with Crippen molar-refractivity contribution in [2.75, 3.05) is 26.2 Å². The van der Waals surface area contributed by atoms with Crippen molar-refractivity contribution in [3.8, 4) is 0 Å². The highest BCUT2D eigenvalue weighted by Crippen LogP contribution is 2.24. The lowest BCUT2D eigenvalue weighted by Gasteiger charge is -2.34. The first-order valence-electron chi connectivity index (χ1n) is 5.99. The fourth-order valence-corrected chi connectivity index (χ4v) is 2.58. The van der Waals surface area contributed by atoms with E-state index in [2.05, 4.69) is 43.8 Å². The Morgan fingerprint density at radius 3 is 2.63 bits per heavy atom. The van der Waals surface area contributed by atoms with E-state index in [1.165, 1.54) is 0 Å². The Morgan fingerprint density at radius 1 is 1.37 bits per heavy atom. The zero-order valence-electron chi connectivity index (χ0n) is 10.7. The average molecular weight is 369 g/mol. The molecule has 108 valence electrons. The minimum Gasteiger partial charge on any atom is -0.314 e. The number of piperazine rings is 1. The Morgan fingerprint density at radius 2 is 2.05 bits per heavy atom. The van der Waals surface area contributed by atoms with Crippen molar-refractivity contribution in [3.05, 3.63) is 41.2 Å². The number of pyridine rings is 1. The lowest BCUT2D eigenvalue weighted by atomic mass is 10.1. The molecular formula is C13H20BrCl2N3. The maximum atomic E-state index is 4.57. The quantitative estimate of drug-likeness (QED) is 0.653. The largest absolute Gasteiger partial charge is 0.314 e. The molecule has 1 aliphatic heterocycles. The van der Waals surface area contributed by atoms with Crippen LogP contribution in [0.1, 0.15) is 18.2 Å². The molecule has 0 amide bonds. The summed E-state index contributed by atoms with van der Waals surface area (Å²) >= 11 is 3.44. The van der Waals surface area contributed by atoms with Gasteiger partial charge in [0, 0.05) is 26.2 Å². The maximum absolute atomic E-state index is 4.57. The second-order valence-corrected chi connectivity index (χ2v) is 5.02. The minimum absolute atomic E-state index is 0. The SMILES string of the molecule is C=CC[C@@H](c1cccc(Br)n1)N1CCNCC1.Cl.Cl. The van der Waals surface area contributed by atoms with Crippen LogP contribution < -0.4 is 5.32 Å².